The molecule has 0 fully saturated rings. The number of pyridine rings is 1. The van der Waals surface area contributed by atoms with Crippen LogP contribution in [0.2, 0.25) is 0 Å². The van der Waals surface area contributed by atoms with E-state index in [-0.39, 0.29) is 5.41 Å². The minimum atomic E-state index is -0.178. The van der Waals surface area contributed by atoms with E-state index in [9.17, 15) is 0 Å². The molecule has 1 heterocycles. The Morgan fingerprint density at radius 2 is 1.95 bits per heavy atom. The molecule has 19 heavy (non-hydrogen) atoms. The van der Waals surface area contributed by atoms with Gasteiger partial charge in [0.05, 0.1) is 11.5 Å². The summed E-state index contributed by atoms with van der Waals surface area (Å²) in [5.74, 6) is 0. The summed E-state index contributed by atoms with van der Waals surface area (Å²) in [5, 5.41) is 8.98. The zero-order valence-electron chi connectivity index (χ0n) is 12.4. The van der Waals surface area contributed by atoms with Crippen molar-refractivity contribution in [2.24, 2.45) is 5.41 Å². The maximum Gasteiger partial charge on any atom is 0.0683 e. The highest BCUT2D eigenvalue weighted by Gasteiger charge is 2.15. The van der Waals surface area contributed by atoms with Crippen molar-refractivity contribution in [3.8, 4) is 6.07 Å². The van der Waals surface area contributed by atoms with Crippen LogP contribution < -0.4 is 0 Å². The predicted molar refractivity (Wildman–Crippen MR) is 78.4 cm³/mol. The van der Waals surface area contributed by atoms with Crippen LogP contribution in [-0.4, -0.2) is 23.0 Å². The molecule has 0 amide bonds. The molecule has 3 heteroatoms. The van der Waals surface area contributed by atoms with Gasteiger partial charge in [-0.05, 0) is 57.5 Å². The lowest BCUT2D eigenvalue weighted by molar-refractivity contribution is 0.267. The summed E-state index contributed by atoms with van der Waals surface area (Å²) < 4.78 is 0. The van der Waals surface area contributed by atoms with Crippen LogP contribution in [0.4, 0.5) is 0 Å². The molecule has 104 valence electrons. The maximum absolute atomic E-state index is 8.98. The van der Waals surface area contributed by atoms with Crippen LogP contribution in [0, 0.1) is 16.7 Å². The third kappa shape index (κ3) is 6.35. The fraction of sp³-hybridized carbons (Fsp3) is 0.625. The van der Waals surface area contributed by atoms with Crippen molar-refractivity contribution in [1.82, 2.24) is 9.88 Å². The lowest BCUT2D eigenvalue weighted by Crippen LogP contribution is -2.24. The SMILES string of the molecule is CCN(CCCCC(C)(C)C#N)Cc1ccncc1. The molecule has 1 aromatic rings. The Labute approximate surface area is 117 Å². The Hall–Kier alpha value is -1.40. The summed E-state index contributed by atoms with van der Waals surface area (Å²) in [4.78, 5) is 6.48. The van der Waals surface area contributed by atoms with Crippen LogP contribution in [0.5, 0.6) is 0 Å². The highest BCUT2D eigenvalue weighted by molar-refractivity contribution is 5.09. The molecule has 0 N–H and O–H groups in total. The minimum absolute atomic E-state index is 0.178. The molecule has 0 radical (unpaired) electrons. The van der Waals surface area contributed by atoms with Gasteiger partial charge in [-0.3, -0.25) is 9.88 Å². The number of hydrogen-bond acceptors (Lipinski definition) is 3. The van der Waals surface area contributed by atoms with Crippen LogP contribution >= 0.6 is 0 Å². The molecule has 0 saturated heterocycles. The third-order valence-corrected chi connectivity index (χ3v) is 3.43. The van der Waals surface area contributed by atoms with Gasteiger partial charge in [0.2, 0.25) is 0 Å². The number of hydrogen-bond donors (Lipinski definition) is 0. The van der Waals surface area contributed by atoms with E-state index in [1.165, 1.54) is 5.56 Å². The normalized spacial score (nSPS) is 11.5. The first-order valence-corrected chi connectivity index (χ1v) is 7.10. The van der Waals surface area contributed by atoms with Crippen molar-refractivity contribution in [2.75, 3.05) is 13.1 Å². The number of nitrogens with zero attached hydrogens (tertiary/aromatic N) is 3. The second kappa shape index (κ2) is 7.91. The number of rotatable bonds is 8. The molecule has 0 spiro atoms. The van der Waals surface area contributed by atoms with Crippen LogP contribution in [-0.2, 0) is 6.54 Å². The molecule has 0 aliphatic rings. The second-order valence-corrected chi connectivity index (χ2v) is 5.68. The van der Waals surface area contributed by atoms with Crippen LogP contribution in [0.25, 0.3) is 0 Å². The molecular weight excluding hydrogens is 234 g/mol. The van der Waals surface area contributed by atoms with Crippen molar-refractivity contribution in [3.63, 3.8) is 0 Å². The van der Waals surface area contributed by atoms with E-state index in [0.717, 1.165) is 38.9 Å². The lowest BCUT2D eigenvalue weighted by Gasteiger charge is -2.21. The van der Waals surface area contributed by atoms with Crippen molar-refractivity contribution in [1.29, 1.82) is 5.26 Å². The molecular formula is C16H25N3. The third-order valence-electron chi connectivity index (χ3n) is 3.43. The maximum atomic E-state index is 8.98. The molecule has 1 rings (SSSR count). The van der Waals surface area contributed by atoms with Gasteiger partial charge < -0.3 is 0 Å². The molecule has 0 saturated carbocycles. The zero-order valence-corrected chi connectivity index (χ0v) is 12.4. The molecule has 0 aliphatic carbocycles. The van der Waals surface area contributed by atoms with Gasteiger partial charge >= 0.3 is 0 Å². The van der Waals surface area contributed by atoms with E-state index in [4.69, 9.17) is 5.26 Å². The second-order valence-electron chi connectivity index (χ2n) is 5.68. The summed E-state index contributed by atoms with van der Waals surface area (Å²) in [7, 11) is 0. The van der Waals surface area contributed by atoms with E-state index in [2.05, 4.69) is 35.0 Å². The minimum Gasteiger partial charge on any atom is -0.299 e. The first kappa shape index (κ1) is 15.7. The Bertz CT molecular complexity index is 392. The van der Waals surface area contributed by atoms with Crippen LogP contribution in [0.1, 0.15) is 45.6 Å². The Morgan fingerprint density at radius 1 is 1.26 bits per heavy atom. The molecule has 0 atom stereocenters. The van der Waals surface area contributed by atoms with E-state index >= 15 is 0 Å². The van der Waals surface area contributed by atoms with Gasteiger partial charge in [0.1, 0.15) is 0 Å². The number of aromatic nitrogens is 1. The van der Waals surface area contributed by atoms with E-state index in [0.29, 0.717) is 0 Å². The fourth-order valence-electron chi connectivity index (χ4n) is 2.05. The van der Waals surface area contributed by atoms with Gasteiger partial charge in [-0.2, -0.15) is 5.26 Å². The van der Waals surface area contributed by atoms with Gasteiger partial charge in [0.15, 0.2) is 0 Å². The standard InChI is InChI=1S/C16H25N3/c1-4-19(13-15-7-10-18-11-8-15)12-6-5-9-16(2,3)14-17/h7-8,10-11H,4-6,9,12-13H2,1-3H3. The number of nitriles is 1. The lowest BCUT2D eigenvalue weighted by atomic mass is 9.89. The van der Waals surface area contributed by atoms with Gasteiger partial charge in [0, 0.05) is 18.9 Å². The summed E-state index contributed by atoms with van der Waals surface area (Å²) in [6.45, 7) is 9.37. The smallest absolute Gasteiger partial charge is 0.0683 e. The van der Waals surface area contributed by atoms with Gasteiger partial charge in [-0.25, -0.2) is 0 Å². The molecule has 0 bridgehead atoms. The van der Waals surface area contributed by atoms with E-state index < -0.39 is 0 Å². The Kier molecular flexibility index (Phi) is 6.52. The fourth-order valence-corrected chi connectivity index (χ4v) is 2.05. The summed E-state index contributed by atoms with van der Waals surface area (Å²) in [5.41, 5.74) is 1.14. The van der Waals surface area contributed by atoms with Gasteiger partial charge in [0.25, 0.3) is 0 Å². The quantitative estimate of drug-likeness (QED) is 0.669. The number of unbranched alkanes of at least 4 members (excludes halogenated alkanes) is 1. The molecule has 0 aliphatic heterocycles. The van der Waals surface area contributed by atoms with Crippen molar-refractivity contribution < 1.29 is 0 Å². The van der Waals surface area contributed by atoms with Crippen LogP contribution in [0.15, 0.2) is 24.5 Å². The first-order valence-electron chi connectivity index (χ1n) is 7.10. The van der Waals surface area contributed by atoms with Crippen LogP contribution in [0.3, 0.4) is 0 Å². The van der Waals surface area contributed by atoms with Crippen molar-refractivity contribution >= 4 is 0 Å². The zero-order chi connectivity index (χ0) is 14.1. The topological polar surface area (TPSA) is 39.9 Å². The summed E-state index contributed by atoms with van der Waals surface area (Å²) in [6.07, 6.45) is 6.95. The van der Waals surface area contributed by atoms with E-state index in [1.807, 2.05) is 26.2 Å². The van der Waals surface area contributed by atoms with Gasteiger partial charge in [-0.1, -0.05) is 13.3 Å². The largest absolute Gasteiger partial charge is 0.299 e. The predicted octanol–water partition coefficient (Wildman–Crippen LogP) is 3.62. The average molecular weight is 259 g/mol. The highest BCUT2D eigenvalue weighted by atomic mass is 15.1. The van der Waals surface area contributed by atoms with E-state index in [1.54, 1.807) is 0 Å². The molecule has 3 nitrogen and oxygen atoms in total. The molecule has 0 unspecified atom stereocenters. The molecule has 0 aromatic carbocycles. The summed E-state index contributed by atoms with van der Waals surface area (Å²) in [6, 6.07) is 6.50. The van der Waals surface area contributed by atoms with Crippen molar-refractivity contribution in [3.05, 3.63) is 30.1 Å². The molecule has 1 aromatic heterocycles. The average Bonchev–Trinajstić information content (AvgIpc) is 2.43. The van der Waals surface area contributed by atoms with Gasteiger partial charge in [-0.15, -0.1) is 0 Å². The Morgan fingerprint density at radius 3 is 2.53 bits per heavy atom. The first-order chi connectivity index (χ1) is 9.07. The monoisotopic (exact) mass is 259 g/mol. The van der Waals surface area contributed by atoms with Crippen molar-refractivity contribution in [2.45, 2.75) is 46.6 Å². The Balaban J connectivity index is 2.28. The summed E-state index contributed by atoms with van der Waals surface area (Å²) >= 11 is 0. The highest BCUT2D eigenvalue weighted by Crippen LogP contribution is 2.21.